The van der Waals surface area contributed by atoms with E-state index in [0.29, 0.717) is 17.0 Å². The van der Waals surface area contributed by atoms with Crippen molar-refractivity contribution in [3.63, 3.8) is 0 Å². The lowest BCUT2D eigenvalue weighted by Crippen LogP contribution is -2.20. The molecule has 120 valence electrons. The molecule has 6 nitrogen and oxygen atoms in total. The summed E-state index contributed by atoms with van der Waals surface area (Å²) in [4.78, 5) is 12.4. The van der Waals surface area contributed by atoms with Crippen LogP contribution in [0.3, 0.4) is 0 Å². The minimum Gasteiger partial charge on any atom is -0.486 e. The van der Waals surface area contributed by atoms with Gasteiger partial charge in [-0.1, -0.05) is 28.1 Å². The number of hydrogen-bond donors (Lipinski definition) is 0. The molecule has 0 aliphatic heterocycles. The van der Waals surface area contributed by atoms with Crippen molar-refractivity contribution in [1.29, 1.82) is 0 Å². The van der Waals surface area contributed by atoms with Crippen molar-refractivity contribution in [3.8, 4) is 5.75 Å². The summed E-state index contributed by atoms with van der Waals surface area (Å²) in [6.45, 7) is 0.255. The number of aromatic nitrogens is 4. The number of ether oxygens (including phenoxy) is 1. The van der Waals surface area contributed by atoms with Crippen LogP contribution in [0, 0.1) is 0 Å². The lowest BCUT2D eigenvalue weighted by atomic mass is 10.2. The molecule has 0 fully saturated rings. The Balaban J connectivity index is 1.82. The van der Waals surface area contributed by atoms with Crippen LogP contribution in [0.1, 0.15) is 5.82 Å². The summed E-state index contributed by atoms with van der Waals surface area (Å²) >= 11 is 3.40. The van der Waals surface area contributed by atoms with Crippen LogP contribution in [0.4, 0.5) is 0 Å². The van der Waals surface area contributed by atoms with Crippen molar-refractivity contribution < 1.29 is 4.74 Å². The molecule has 0 radical (unpaired) electrons. The lowest BCUT2D eigenvalue weighted by Gasteiger charge is -2.09. The second kappa shape index (κ2) is 5.76. The highest BCUT2D eigenvalue weighted by molar-refractivity contribution is 9.10. The van der Waals surface area contributed by atoms with Gasteiger partial charge in [-0.2, -0.15) is 0 Å². The van der Waals surface area contributed by atoms with Gasteiger partial charge in [-0.05, 0) is 36.4 Å². The molecule has 2 heterocycles. The van der Waals surface area contributed by atoms with E-state index in [-0.39, 0.29) is 12.2 Å². The van der Waals surface area contributed by atoms with E-state index in [4.69, 9.17) is 4.74 Å². The molecule has 0 unspecified atom stereocenters. The molecule has 0 bridgehead atoms. The molecule has 0 atom stereocenters. The van der Waals surface area contributed by atoms with E-state index in [1.54, 1.807) is 13.1 Å². The van der Waals surface area contributed by atoms with Gasteiger partial charge in [0.15, 0.2) is 5.82 Å². The number of para-hydroxylation sites is 1. The van der Waals surface area contributed by atoms with Gasteiger partial charge in [0, 0.05) is 11.5 Å². The Morgan fingerprint density at radius 3 is 2.62 bits per heavy atom. The van der Waals surface area contributed by atoms with Gasteiger partial charge in [-0.15, -0.1) is 10.2 Å². The van der Waals surface area contributed by atoms with Crippen LogP contribution in [0.2, 0.25) is 0 Å². The van der Waals surface area contributed by atoms with Gasteiger partial charge in [-0.3, -0.25) is 13.8 Å². The zero-order chi connectivity index (χ0) is 16.7. The predicted octanol–water partition coefficient (Wildman–Crippen LogP) is 2.92. The second-order valence-corrected chi connectivity index (χ2v) is 6.29. The zero-order valence-corrected chi connectivity index (χ0v) is 14.4. The van der Waals surface area contributed by atoms with E-state index >= 15 is 0 Å². The minimum atomic E-state index is -0.0918. The van der Waals surface area contributed by atoms with Gasteiger partial charge in [0.2, 0.25) is 5.78 Å². The number of hydrogen-bond acceptors (Lipinski definition) is 4. The highest BCUT2D eigenvalue weighted by Crippen LogP contribution is 2.18. The first-order valence-electron chi connectivity index (χ1n) is 7.35. The monoisotopic (exact) mass is 384 g/mol. The van der Waals surface area contributed by atoms with E-state index in [1.165, 1.54) is 4.57 Å². The fourth-order valence-electron chi connectivity index (χ4n) is 2.66. The highest BCUT2D eigenvalue weighted by Gasteiger charge is 2.14. The third kappa shape index (κ3) is 2.37. The normalized spacial score (nSPS) is 11.2. The molecule has 0 aliphatic carbocycles. The summed E-state index contributed by atoms with van der Waals surface area (Å²) in [5, 5.41) is 8.97. The smallest absolute Gasteiger partial charge is 0.262 e. The van der Waals surface area contributed by atoms with Crippen molar-refractivity contribution >= 4 is 32.6 Å². The maximum Gasteiger partial charge on any atom is 0.262 e. The van der Waals surface area contributed by atoms with Crippen LogP contribution in [0.15, 0.2) is 57.8 Å². The van der Waals surface area contributed by atoms with E-state index in [0.717, 1.165) is 15.7 Å². The Kier molecular flexibility index (Phi) is 3.57. The molecule has 4 aromatic rings. The maximum atomic E-state index is 12.4. The molecule has 0 aliphatic rings. The second-order valence-electron chi connectivity index (χ2n) is 5.38. The summed E-state index contributed by atoms with van der Waals surface area (Å²) in [7, 11) is 1.69. The summed E-state index contributed by atoms with van der Waals surface area (Å²) < 4.78 is 10.1. The number of halogens is 1. The summed E-state index contributed by atoms with van der Waals surface area (Å²) in [6, 6.07) is 15.0. The molecule has 2 aromatic heterocycles. The first kappa shape index (κ1) is 14.9. The van der Waals surface area contributed by atoms with Crippen LogP contribution in [0.25, 0.3) is 16.7 Å². The Morgan fingerprint density at radius 2 is 1.83 bits per heavy atom. The number of nitrogens with zero attached hydrogens (tertiary/aromatic N) is 4. The van der Waals surface area contributed by atoms with Crippen LogP contribution in [-0.4, -0.2) is 19.2 Å². The molecule has 0 saturated heterocycles. The molecule has 7 heteroatoms. The summed E-state index contributed by atoms with van der Waals surface area (Å²) in [5.41, 5.74) is 0.681. The van der Waals surface area contributed by atoms with E-state index in [9.17, 15) is 4.79 Å². The van der Waals surface area contributed by atoms with Crippen LogP contribution >= 0.6 is 15.9 Å². The molecule has 0 amide bonds. The number of benzene rings is 2. The molecule has 0 N–H and O–H groups in total. The van der Waals surface area contributed by atoms with Crippen molar-refractivity contribution in [2.75, 3.05) is 0 Å². The topological polar surface area (TPSA) is 61.4 Å². The average molecular weight is 385 g/mol. The van der Waals surface area contributed by atoms with Crippen molar-refractivity contribution in [2.45, 2.75) is 6.61 Å². The predicted molar refractivity (Wildman–Crippen MR) is 94.2 cm³/mol. The molecule has 2 aromatic carbocycles. The standard InChI is InChI=1S/C17H13BrN4O2/c1-21-16(23)13-4-2-3-5-14(13)22-15(19-20-17(21)22)10-24-12-8-6-11(18)7-9-12/h2-9H,10H2,1H3. The summed E-state index contributed by atoms with van der Waals surface area (Å²) in [5.74, 6) is 1.87. The third-order valence-electron chi connectivity index (χ3n) is 3.87. The van der Waals surface area contributed by atoms with Gasteiger partial charge >= 0.3 is 0 Å². The van der Waals surface area contributed by atoms with Crippen molar-refractivity contribution in [3.05, 3.63) is 69.2 Å². The van der Waals surface area contributed by atoms with Gasteiger partial charge < -0.3 is 4.74 Å². The Morgan fingerprint density at radius 1 is 1.08 bits per heavy atom. The Labute approximate surface area is 145 Å². The summed E-state index contributed by atoms with van der Waals surface area (Å²) in [6.07, 6.45) is 0. The average Bonchev–Trinajstić information content (AvgIpc) is 3.03. The first-order chi connectivity index (χ1) is 11.6. The Bertz CT molecular complexity index is 1100. The van der Waals surface area contributed by atoms with Gasteiger partial charge in [-0.25, -0.2) is 0 Å². The lowest BCUT2D eigenvalue weighted by molar-refractivity contribution is 0.295. The van der Waals surface area contributed by atoms with E-state index in [1.807, 2.05) is 46.9 Å². The number of aryl methyl sites for hydroxylation is 1. The van der Waals surface area contributed by atoms with Gasteiger partial charge in [0.05, 0.1) is 10.9 Å². The zero-order valence-electron chi connectivity index (χ0n) is 12.8. The van der Waals surface area contributed by atoms with Gasteiger partial charge in [0.25, 0.3) is 5.56 Å². The molecular weight excluding hydrogens is 372 g/mol. The van der Waals surface area contributed by atoms with Crippen LogP contribution < -0.4 is 10.3 Å². The quantitative estimate of drug-likeness (QED) is 0.544. The first-order valence-corrected chi connectivity index (χ1v) is 8.14. The SMILES string of the molecule is Cn1c(=O)c2ccccc2n2c(COc3ccc(Br)cc3)nnc12. The maximum absolute atomic E-state index is 12.4. The largest absolute Gasteiger partial charge is 0.486 e. The highest BCUT2D eigenvalue weighted by atomic mass is 79.9. The fraction of sp³-hybridized carbons (Fsp3) is 0.118. The van der Waals surface area contributed by atoms with Gasteiger partial charge in [0.1, 0.15) is 12.4 Å². The third-order valence-corrected chi connectivity index (χ3v) is 4.40. The van der Waals surface area contributed by atoms with E-state index in [2.05, 4.69) is 26.1 Å². The molecule has 24 heavy (non-hydrogen) atoms. The molecule has 0 spiro atoms. The minimum absolute atomic E-state index is 0.0918. The van der Waals surface area contributed by atoms with Crippen molar-refractivity contribution in [2.24, 2.45) is 7.05 Å². The van der Waals surface area contributed by atoms with Crippen LogP contribution in [-0.2, 0) is 13.7 Å². The molecule has 4 rings (SSSR count). The Hall–Kier alpha value is -2.67. The number of fused-ring (bicyclic) bond motifs is 3. The molecule has 0 saturated carbocycles. The molecular formula is C17H13BrN4O2. The van der Waals surface area contributed by atoms with Crippen LogP contribution in [0.5, 0.6) is 5.75 Å². The van der Waals surface area contributed by atoms with E-state index < -0.39 is 0 Å². The number of rotatable bonds is 3. The van der Waals surface area contributed by atoms with Crippen molar-refractivity contribution in [1.82, 2.24) is 19.2 Å². The fourth-order valence-corrected chi connectivity index (χ4v) is 2.93.